The van der Waals surface area contributed by atoms with Gasteiger partial charge in [0.25, 0.3) is 0 Å². The van der Waals surface area contributed by atoms with E-state index in [1.165, 1.54) is 15.3 Å². The van der Waals surface area contributed by atoms with Crippen molar-refractivity contribution in [3.05, 3.63) is 51.7 Å². The minimum Gasteiger partial charge on any atom is -0.376 e. The second-order valence-corrected chi connectivity index (χ2v) is 6.34. The van der Waals surface area contributed by atoms with Gasteiger partial charge >= 0.3 is 0 Å². The van der Waals surface area contributed by atoms with Crippen LogP contribution < -0.4 is 10.6 Å². The van der Waals surface area contributed by atoms with E-state index < -0.39 is 0 Å². The second-order valence-electron chi connectivity index (χ2n) is 4.88. The van der Waals surface area contributed by atoms with Crippen molar-refractivity contribution in [3.63, 3.8) is 0 Å². The van der Waals surface area contributed by atoms with Gasteiger partial charge in [0, 0.05) is 15.4 Å². The summed E-state index contributed by atoms with van der Waals surface area (Å²) in [6.45, 7) is 6.50. The van der Waals surface area contributed by atoms with Gasteiger partial charge in [0.2, 0.25) is 5.91 Å². The topological polar surface area (TPSA) is 41.1 Å². The molecule has 5 heteroatoms. The van der Waals surface area contributed by atoms with Gasteiger partial charge in [-0.3, -0.25) is 4.79 Å². The lowest BCUT2D eigenvalue weighted by molar-refractivity contribution is -0.120. The molecule has 0 spiro atoms. The van der Waals surface area contributed by atoms with E-state index >= 15 is 0 Å². The van der Waals surface area contributed by atoms with Gasteiger partial charge in [-0.05, 0) is 44.5 Å². The van der Waals surface area contributed by atoms with Crippen LogP contribution in [0.25, 0.3) is 0 Å². The Labute approximate surface area is 136 Å². The van der Waals surface area contributed by atoms with Gasteiger partial charge in [0.05, 0.1) is 12.6 Å². The average molecular weight is 325 g/mol. The molecule has 3 nitrogen and oxygen atoms in total. The highest BCUT2D eigenvalue weighted by atomic mass is 35.5. The van der Waals surface area contributed by atoms with Gasteiger partial charge < -0.3 is 10.6 Å². The Balaban J connectivity index is 0.00000220. The zero-order valence-corrected chi connectivity index (χ0v) is 14.1. The van der Waals surface area contributed by atoms with Crippen molar-refractivity contribution in [2.24, 2.45) is 0 Å². The molecule has 1 aromatic heterocycles. The number of aryl methyl sites for hydroxylation is 2. The van der Waals surface area contributed by atoms with E-state index in [2.05, 4.69) is 30.5 Å². The van der Waals surface area contributed by atoms with Gasteiger partial charge in [0.15, 0.2) is 0 Å². The predicted octanol–water partition coefficient (Wildman–Crippen LogP) is 4.08. The molecule has 2 rings (SSSR count). The molecule has 21 heavy (non-hydrogen) atoms. The number of anilines is 1. The fourth-order valence-electron chi connectivity index (χ4n) is 2.19. The Kier molecular flexibility index (Phi) is 6.72. The molecule has 0 saturated heterocycles. The molecule has 114 valence electrons. The van der Waals surface area contributed by atoms with Crippen molar-refractivity contribution in [2.75, 3.05) is 11.9 Å². The molecule has 2 aromatic rings. The Morgan fingerprint density at radius 2 is 1.90 bits per heavy atom. The molecule has 2 N–H and O–H groups in total. The van der Waals surface area contributed by atoms with Crippen LogP contribution >= 0.6 is 23.7 Å². The number of hydrogen-bond acceptors (Lipinski definition) is 3. The van der Waals surface area contributed by atoms with Gasteiger partial charge in [-0.15, -0.1) is 23.7 Å². The first-order valence-electron chi connectivity index (χ1n) is 6.71. The van der Waals surface area contributed by atoms with E-state index in [1.807, 2.05) is 37.3 Å². The zero-order valence-electron chi connectivity index (χ0n) is 12.5. The van der Waals surface area contributed by atoms with Crippen LogP contribution in [-0.4, -0.2) is 12.5 Å². The third kappa shape index (κ3) is 5.06. The third-order valence-corrected chi connectivity index (χ3v) is 4.13. The summed E-state index contributed by atoms with van der Waals surface area (Å²) in [6, 6.07) is 11.9. The lowest BCUT2D eigenvalue weighted by Gasteiger charge is -2.14. The lowest BCUT2D eigenvalue weighted by Crippen LogP contribution is -2.32. The van der Waals surface area contributed by atoms with Crippen molar-refractivity contribution < 1.29 is 4.79 Å². The maximum absolute atomic E-state index is 11.9. The van der Waals surface area contributed by atoms with Gasteiger partial charge in [-0.1, -0.05) is 18.2 Å². The van der Waals surface area contributed by atoms with Crippen LogP contribution in [-0.2, 0) is 4.79 Å². The van der Waals surface area contributed by atoms with Crippen LogP contribution in [0.3, 0.4) is 0 Å². The van der Waals surface area contributed by atoms with Gasteiger partial charge in [0.1, 0.15) is 0 Å². The molecule has 0 aliphatic heterocycles. The molecule has 0 fully saturated rings. The number of rotatable bonds is 5. The Morgan fingerprint density at radius 3 is 2.48 bits per heavy atom. The molecule has 0 aliphatic rings. The van der Waals surface area contributed by atoms with Crippen molar-refractivity contribution >= 4 is 35.3 Å². The van der Waals surface area contributed by atoms with E-state index in [-0.39, 0.29) is 30.9 Å². The van der Waals surface area contributed by atoms with Crippen molar-refractivity contribution in [2.45, 2.75) is 26.8 Å². The van der Waals surface area contributed by atoms with Gasteiger partial charge in [-0.2, -0.15) is 0 Å². The highest BCUT2D eigenvalue weighted by Gasteiger charge is 2.13. The van der Waals surface area contributed by atoms with E-state index in [9.17, 15) is 4.79 Å². The van der Waals surface area contributed by atoms with Crippen LogP contribution in [0.4, 0.5) is 5.69 Å². The quantitative estimate of drug-likeness (QED) is 0.870. The molecule has 0 saturated carbocycles. The maximum atomic E-state index is 11.9. The molecule has 1 aromatic carbocycles. The summed E-state index contributed by atoms with van der Waals surface area (Å²) in [6.07, 6.45) is 0. The summed E-state index contributed by atoms with van der Waals surface area (Å²) in [7, 11) is 0. The summed E-state index contributed by atoms with van der Waals surface area (Å²) >= 11 is 1.77. The van der Waals surface area contributed by atoms with E-state index in [0.29, 0.717) is 0 Å². The largest absolute Gasteiger partial charge is 0.376 e. The maximum Gasteiger partial charge on any atom is 0.239 e. The SMILES string of the molecule is Cc1cc(C(C)NC(=O)CNc2ccccc2)c(C)s1.Cl. The summed E-state index contributed by atoms with van der Waals surface area (Å²) in [5, 5.41) is 6.14. The second kappa shape index (κ2) is 8.05. The monoisotopic (exact) mass is 324 g/mol. The number of carbonyl (C=O) groups is 1. The van der Waals surface area contributed by atoms with Crippen LogP contribution in [0.1, 0.15) is 28.3 Å². The van der Waals surface area contributed by atoms with E-state index in [1.54, 1.807) is 11.3 Å². The highest BCUT2D eigenvalue weighted by molar-refractivity contribution is 7.12. The van der Waals surface area contributed by atoms with Crippen molar-refractivity contribution in [1.29, 1.82) is 0 Å². The minimum atomic E-state index is 0. The van der Waals surface area contributed by atoms with Crippen molar-refractivity contribution in [1.82, 2.24) is 5.32 Å². The molecule has 1 heterocycles. The number of nitrogens with one attached hydrogen (secondary N) is 2. The zero-order chi connectivity index (χ0) is 14.5. The number of para-hydroxylation sites is 1. The fourth-order valence-corrected chi connectivity index (χ4v) is 3.21. The highest BCUT2D eigenvalue weighted by Crippen LogP contribution is 2.25. The van der Waals surface area contributed by atoms with Crippen LogP contribution in [0.5, 0.6) is 0 Å². The molecule has 1 unspecified atom stereocenters. The number of amides is 1. The summed E-state index contributed by atoms with van der Waals surface area (Å²) in [4.78, 5) is 14.5. The molecule has 1 atom stereocenters. The number of thiophene rings is 1. The van der Waals surface area contributed by atoms with E-state index in [0.717, 1.165) is 5.69 Å². The van der Waals surface area contributed by atoms with Crippen molar-refractivity contribution in [3.8, 4) is 0 Å². The summed E-state index contributed by atoms with van der Waals surface area (Å²) in [5.74, 6) is 0.00426. The number of benzene rings is 1. The van der Waals surface area contributed by atoms with E-state index in [4.69, 9.17) is 0 Å². The Bertz CT molecular complexity index is 583. The first kappa shape index (κ1) is 17.5. The van der Waals surface area contributed by atoms with Crippen LogP contribution in [0.2, 0.25) is 0 Å². The number of carbonyl (C=O) groups excluding carboxylic acids is 1. The first-order valence-corrected chi connectivity index (χ1v) is 7.53. The predicted molar refractivity (Wildman–Crippen MR) is 92.5 cm³/mol. The molecular formula is C16H21ClN2OS. The lowest BCUT2D eigenvalue weighted by atomic mass is 10.1. The molecule has 0 bridgehead atoms. The van der Waals surface area contributed by atoms with Gasteiger partial charge in [-0.25, -0.2) is 0 Å². The summed E-state index contributed by atoms with van der Waals surface area (Å²) < 4.78 is 0. The fraction of sp³-hybridized carbons (Fsp3) is 0.312. The Hall–Kier alpha value is -1.52. The Morgan fingerprint density at radius 1 is 1.24 bits per heavy atom. The minimum absolute atomic E-state index is 0. The molecule has 0 aliphatic carbocycles. The normalized spacial score (nSPS) is 11.4. The van der Waals surface area contributed by atoms with Crippen LogP contribution in [0, 0.1) is 13.8 Å². The molecular weight excluding hydrogens is 304 g/mol. The van der Waals surface area contributed by atoms with Crippen LogP contribution in [0.15, 0.2) is 36.4 Å². The average Bonchev–Trinajstić information content (AvgIpc) is 2.77. The number of halogens is 1. The first-order chi connectivity index (χ1) is 9.56. The third-order valence-electron chi connectivity index (χ3n) is 3.15. The standard InChI is InChI=1S/C16H20N2OS.ClH/c1-11-9-15(13(3)20-11)12(2)18-16(19)10-17-14-7-5-4-6-8-14;/h4-9,12,17H,10H2,1-3H3,(H,18,19);1H. The molecule has 1 amide bonds. The smallest absolute Gasteiger partial charge is 0.239 e. The number of hydrogen-bond donors (Lipinski definition) is 2. The molecule has 0 radical (unpaired) electrons. The summed E-state index contributed by atoms with van der Waals surface area (Å²) in [5.41, 5.74) is 2.17.